The molecular weight excluding hydrogens is 579 g/mol. The van der Waals surface area contributed by atoms with Gasteiger partial charge in [0.2, 0.25) is 0 Å². The van der Waals surface area contributed by atoms with Crippen LogP contribution in [0.25, 0.3) is 33.4 Å². The third kappa shape index (κ3) is 2.98. The summed E-state index contributed by atoms with van der Waals surface area (Å²) in [4.78, 5) is 2.57. The summed E-state index contributed by atoms with van der Waals surface area (Å²) in [5.41, 5.74) is 18.9. The van der Waals surface area contributed by atoms with Gasteiger partial charge in [0.25, 0.3) is 0 Å². The molecule has 0 heterocycles. The molecule has 6 aliphatic carbocycles. The largest absolute Gasteiger partial charge is 0.310 e. The molecule has 4 saturated carbocycles. The zero-order chi connectivity index (χ0) is 31.2. The average molecular weight is 616 g/mol. The van der Waals surface area contributed by atoms with E-state index < -0.39 is 0 Å². The average Bonchev–Trinajstić information content (AvgIpc) is 3.84. The number of rotatable bonds is 4. The molecule has 0 aliphatic heterocycles. The maximum absolute atomic E-state index is 2.65. The number of hydrogen-bond acceptors (Lipinski definition) is 1. The number of anilines is 3. The van der Waals surface area contributed by atoms with Crippen LogP contribution in [0.2, 0.25) is 0 Å². The molecular formula is C47H37N. The summed E-state index contributed by atoms with van der Waals surface area (Å²) in [6.07, 6.45) is 6.80. The van der Waals surface area contributed by atoms with Crippen molar-refractivity contribution in [2.24, 2.45) is 29.1 Å². The molecule has 12 rings (SSSR count). The Kier molecular flexibility index (Phi) is 4.88. The number of hydrogen-bond donors (Lipinski definition) is 0. The lowest BCUT2D eigenvalue weighted by Crippen LogP contribution is -2.65. The minimum Gasteiger partial charge on any atom is -0.310 e. The zero-order valence-electron chi connectivity index (χ0n) is 27.1. The number of fused-ring (bicyclic) bond motifs is 11. The van der Waals surface area contributed by atoms with Gasteiger partial charge in [-0.25, -0.2) is 0 Å². The maximum Gasteiger partial charge on any atom is 0.0540 e. The first-order valence-corrected chi connectivity index (χ1v) is 18.2. The lowest BCUT2D eigenvalue weighted by molar-refractivity contribution is -0.193. The van der Waals surface area contributed by atoms with E-state index >= 15 is 0 Å². The highest BCUT2D eigenvalue weighted by Crippen LogP contribution is 2.88. The Morgan fingerprint density at radius 1 is 0.479 bits per heavy atom. The van der Waals surface area contributed by atoms with Crippen molar-refractivity contribution in [1.82, 2.24) is 0 Å². The van der Waals surface area contributed by atoms with E-state index in [0.717, 1.165) is 30.1 Å². The van der Waals surface area contributed by atoms with E-state index in [2.05, 4.69) is 144 Å². The van der Waals surface area contributed by atoms with Crippen molar-refractivity contribution < 1.29 is 0 Å². The lowest BCUT2D eigenvalue weighted by atomic mass is 9.34. The van der Waals surface area contributed by atoms with Crippen LogP contribution in [-0.2, 0) is 11.8 Å². The van der Waals surface area contributed by atoms with Gasteiger partial charge in [-0.1, -0.05) is 109 Å². The summed E-state index contributed by atoms with van der Waals surface area (Å²) in [7, 11) is 0. The van der Waals surface area contributed by atoms with Gasteiger partial charge in [0.1, 0.15) is 0 Å². The van der Waals surface area contributed by atoms with Crippen molar-refractivity contribution in [1.29, 1.82) is 0 Å². The van der Waals surface area contributed by atoms with E-state index in [4.69, 9.17) is 0 Å². The van der Waals surface area contributed by atoms with Crippen molar-refractivity contribution in [3.63, 3.8) is 0 Å². The third-order valence-corrected chi connectivity index (χ3v) is 14.3. The quantitative estimate of drug-likeness (QED) is 0.190. The zero-order valence-corrected chi connectivity index (χ0v) is 27.1. The van der Waals surface area contributed by atoms with Crippen LogP contribution in [0.4, 0.5) is 17.1 Å². The van der Waals surface area contributed by atoms with Crippen LogP contribution in [0, 0.1) is 29.1 Å². The molecule has 0 N–H and O–H groups in total. The molecule has 6 aromatic carbocycles. The molecule has 0 amide bonds. The first-order chi connectivity index (χ1) is 23.7. The smallest absolute Gasteiger partial charge is 0.0540 e. The fourth-order valence-corrected chi connectivity index (χ4v) is 12.6. The van der Waals surface area contributed by atoms with Crippen LogP contribution in [0.15, 0.2) is 140 Å². The van der Waals surface area contributed by atoms with Gasteiger partial charge in [0.05, 0.1) is 5.69 Å². The van der Waals surface area contributed by atoms with E-state index in [1.807, 2.05) is 0 Å². The molecule has 1 nitrogen and oxygen atoms in total. The Balaban J connectivity index is 1.08. The van der Waals surface area contributed by atoms with E-state index in [1.54, 1.807) is 11.1 Å². The minimum atomic E-state index is 0.166. The number of para-hydroxylation sites is 1. The molecule has 6 atom stereocenters. The van der Waals surface area contributed by atoms with Crippen LogP contribution < -0.4 is 4.90 Å². The first kappa shape index (κ1) is 26.1. The van der Waals surface area contributed by atoms with Crippen LogP contribution in [0.5, 0.6) is 0 Å². The van der Waals surface area contributed by atoms with E-state index in [0.29, 0.717) is 5.41 Å². The predicted molar refractivity (Wildman–Crippen MR) is 196 cm³/mol. The second-order valence-corrected chi connectivity index (χ2v) is 15.7. The van der Waals surface area contributed by atoms with Crippen molar-refractivity contribution in [2.75, 3.05) is 4.90 Å². The lowest BCUT2D eigenvalue weighted by Gasteiger charge is -2.70. The standard InChI is InChI=1S/C47H37N/c1-2-10-29(11-3-1)39-14-7-9-17-44(39)48(35-18-20-38-31(23-35)22-30-12-4-5-13-37(30)38)36-19-21-41-40-15-6-8-16-42(40)47(43(41)27-36)34-25-32-24-33-26-45(47)46(32,33)28-34/h1-21,23,27,32-34,45H,22,24-26,28H2. The molecule has 6 aromatic rings. The van der Waals surface area contributed by atoms with E-state index in [9.17, 15) is 0 Å². The van der Waals surface area contributed by atoms with Gasteiger partial charge in [0, 0.05) is 22.4 Å². The van der Waals surface area contributed by atoms with Crippen molar-refractivity contribution in [3.05, 3.63) is 162 Å². The molecule has 6 aliphatic rings. The molecule has 2 bridgehead atoms. The molecule has 48 heavy (non-hydrogen) atoms. The Hall–Kier alpha value is -4.88. The fourth-order valence-electron chi connectivity index (χ4n) is 12.6. The summed E-state index contributed by atoms with van der Waals surface area (Å²) in [5, 5.41) is 0. The van der Waals surface area contributed by atoms with Gasteiger partial charge in [0.15, 0.2) is 0 Å². The SMILES string of the molecule is c1ccc(-c2ccccc2N(c2ccc3c(c2)Cc2ccccc2-3)c2ccc3c(c2)C2(c4ccccc4-3)C3CC4CC5CC2C45C3)cc1. The molecule has 4 fully saturated rings. The van der Waals surface area contributed by atoms with Crippen molar-refractivity contribution >= 4 is 17.1 Å². The van der Waals surface area contributed by atoms with E-state index in [-0.39, 0.29) is 5.41 Å². The molecule has 0 radical (unpaired) electrons. The Morgan fingerprint density at radius 2 is 1.12 bits per heavy atom. The highest BCUT2D eigenvalue weighted by molar-refractivity contribution is 5.92. The Labute approximate surface area is 282 Å². The summed E-state index contributed by atoms with van der Waals surface area (Å²) >= 11 is 0. The van der Waals surface area contributed by atoms with Gasteiger partial charge < -0.3 is 4.90 Å². The highest BCUT2D eigenvalue weighted by atomic mass is 15.1. The number of benzene rings is 6. The van der Waals surface area contributed by atoms with E-state index in [1.165, 1.54) is 87.3 Å². The molecule has 230 valence electrons. The van der Waals surface area contributed by atoms with Gasteiger partial charge in [-0.15, -0.1) is 0 Å². The van der Waals surface area contributed by atoms with Gasteiger partial charge >= 0.3 is 0 Å². The predicted octanol–water partition coefficient (Wildman–Crippen LogP) is 11.7. The molecule has 1 heteroatoms. The summed E-state index contributed by atoms with van der Waals surface area (Å²) < 4.78 is 0. The molecule has 0 saturated heterocycles. The third-order valence-electron chi connectivity index (χ3n) is 14.3. The van der Waals surface area contributed by atoms with Gasteiger partial charge in [-0.3, -0.25) is 0 Å². The monoisotopic (exact) mass is 615 g/mol. The number of nitrogens with zero attached hydrogens (tertiary/aromatic N) is 1. The molecule has 2 spiro atoms. The molecule has 6 unspecified atom stereocenters. The normalized spacial score (nSPS) is 28.6. The maximum atomic E-state index is 2.65. The summed E-state index contributed by atoms with van der Waals surface area (Å²) in [6.45, 7) is 0. The summed E-state index contributed by atoms with van der Waals surface area (Å²) in [6, 6.07) is 53.2. The Bertz CT molecular complexity index is 2330. The van der Waals surface area contributed by atoms with Crippen LogP contribution >= 0.6 is 0 Å². The Morgan fingerprint density at radius 3 is 1.98 bits per heavy atom. The van der Waals surface area contributed by atoms with Crippen LogP contribution in [0.1, 0.15) is 47.9 Å². The fraction of sp³-hybridized carbons (Fsp3) is 0.234. The molecule has 0 aromatic heterocycles. The van der Waals surface area contributed by atoms with Crippen molar-refractivity contribution in [2.45, 2.75) is 37.5 Å². The second kappa shape index (κ2) is 8.97. The van der Waals surface area contributed by atoms with Crippen LogP contribution in [0.3, 0.4) is 0 Å². The van der Waals surface area contributed by atoms with Gasteiger partial charge in [-0.05, 0) is 142 Å². The van der Waals surface area contributed by atoms with Crippen molar-refractivity contribution in [3.8, 4) is 33.4 Å². The summed E-state index contributed by atoms with van der Waals surface area (Å²) in [5.74, 6) is 3.54. The topological polar surface area (TPSA) is 3.24 Å². The van der Waals surface area contributed by atoms with Crippen LogP contribution in [-0.4, -0.2) is 0 Å². The minimum absolute atomic E-state index is 0.166. The highest BCUT2D eigenvalue weighted by Gasteiger charge is 2.82. The first-order valence-electron chi connectivity index (χ1n) is 18.2. The second-order valence-electron chi connectivity index (χ2n) is 15.7. The van der Waals surface area contributed by atoms with Gasteiger partial charge in [-0.2, -0.15) is 0 Å².